The van der Waals surface area contributed by atoms with E-state index in [-0.39, 0.29) is 31.5 Å². The number of ether oxygens (including phenoxy) is 1. The van der Waals surface area contributed by atoms with E-state index < -0.39 is 20.0 Å². The predicted molar refractivity (Wildman–Crippen MR) is 341 cm³/mol. The lowest BCUT2D eigenvalue weighted by Crippen LogP contribution is -2.47. The molecule has 0 bridgehead atoms. The van der Waals surface area contributed by atoms with Crippen molar-refractivity contribution in [2.24, 2.45) is 0 Å². The third-order valence-electron chi connectivity index (χ3n) is 14.3. The molecule has 0 saturated heterocycles. The molecule has 0 aliphatic carbocycles. The molecule has 0 fully saturated rings. The highest BCUT2D eigenvalue weighted by Crippen LogP contribution is 2.43. The van der Waals surface area contributed by atoms with Gasteiger partial charge < -0.3 is 19.4 Å². The maximum Gasteiger partial charge on any atom is 0.472 e. The number of unbranched alkanes of at least 4 members (excludes halogenated alkanes) is 31. The first-order valence-electron chi connectivity index (χ1n) is 32.9. The summed E-state index contributed by atoms with van der Waals surface area (Å²) in [6.45, 7) is 6.90. The highest BCUT2D eigenvalue weighted by atomic mass is 31.2. The number of carbonyl (C=O) groups excluding carboxylic acids is 2. The number of rotatable bonds is 59. The number of allylic oxidation sites excluding steroid dienone is 13. The molecule has 458 valence electrons. The van der Waals surface area contributed by atoms with Crippen LogP contribution in [0.15, 0.2) is 85.1 Å². The van der Waals surface area contributed by atoms with Gasteiger partial charge in [0, 0.05) is 12.8 Å². The minimum Gasteiger partial charge on any atom is -0.456 e. The van der Waals surface area contributed by atoms with Gasteiger partial charge in [-0.1, -0.05) is 280 Å². The van der Waals surface area contributed by atoms with Crippen LogP contribution in [0, 0.1) is 0 Å². The molecular formula is C69H126N2O7P+. The SMILES string of the molecule is CC/C=C\C/C=C\C/C=C\C/C=C\C/C=C\C/C=C\CCCCCCCCC(=O)OC(/C=C/CCCCCCCCCCC)C(COP(=O)(O)OCC[N+](C)(C)C)NC(=O)CCCCCCCCCCCCCCCCCCC. The van der Waals surface area contributed by atoms with E-state index in [2.05, 4.69) is 99.0 Å². The molecule has 9 nitrogen and oxygen atoms in total. The summed E-state index contributed by atoms with van der Waals surface area (Å²) in [4.78, 5) is 37.8. The second-order valence-corrected chi connectivity index (χ2v) is 24.7. The van der Waals surface area contributed by atoms with Gasteiger partial charge in [-0.15, -0.1) is 0 Å². The normalized spacial score (nSPS) is 14.2. The first kappa shape index (κ1) is 76.2. The highest BCUT2D eigenvalue weighted by molar-refractivity contribution is 7.47. The van der Waals surface area contributed by atoms with E-state index in [0.717, 1.165) is 122 Å². The number of hydrogen-bond donors (Lipinski definition) is 2. The van der Waals surface area contributed by atoms with Crippen molar-refractivity contribution in [1.82, 2.24) is 5.32 Å². The topological polar surface area (TPSA) is 111 Å². The number of quaternary nitrogens is 1. The number of phosphoric ester groups is 1. The van der Waals surface area contributed by atoms with Gasteiger partial charge in [-0.25, -0.2) is 4.57 Å². The van der Waals surface area contributed by atoms with Crippen molar-refractivity contribution in [1.29, 1.82) is 0 Å². The number of phosphoric acid groups is 1. The zero-order chi connectivity index (χ0) is 57.9. The van der Waals surface area contributed by atoms with Crippen molar-refractivity contribution in [3.8, 4) is 0 Å². The largest absolute Gasteiger partial charge is 0.472 e. The van der Waals surface area contributed by atoms with Crippen molar-refractivity contribution >= 4 is 19.7 Å². The second-order valence-electron chi connectivity index (χ2n) is 23.3. The number of esters is 1. The van der Waals surface area contributed by atoms with Crippen LogP contribution >= 0.6 is 7.82 Å². The molecule has 0 heterocycles. The number of hydrogen-bond acceptors (Lipinski definition) is 6. The van der Waals surface area contributed by atoms with E-state index >= 15 is 0 Å². The molecule has 0 spiro atoms. The second kappa shape index (κ2) is 58.4. The monoisotopic (exact) mass is 1130 g/mol. The lowest BCUT2D eigenvalue weighted by Gasteiger charge is -2.27. The van der Waals surface area contributed by atoms with Crippen LogP contribution in [0.1, 0.15) is 290 Å². The third-order valence-corrected chi connectivity index (χ3v) is 15.3. The Hall–Kier alpha value is -2.81. The molecule has 0 aliphatic heterocycles. The Kier molecular flexibility index (Phi) is 56.3. The van der Waals surface area contributed by atoms with Crippen molar-refractivity contribution in [2.75, 3.05) is 40.9 Å². The number of likely N-dealkylation sites (N-methyl/N-ethyl adjacent to an activating group) is 1. The Morgan fingerprint density at radius 2 is 0.810 bits per heavy atom. The molecule has 0 radical (unpaired) electrons. The maximum absolute atomic E-state index is 13.6. The Labute approximate surface area is 488 Å². The van der Waals surface area contributed by atoms with E-state index in [9.17, 15) is 19.0 Å². The van der Waals surface area contributed by atoms with E-state index in [1.807, 2.05) is 33.3 Å². The van der Waals surface area contributed by atoms with Crippen molar-refractivity contribution < 1.29 is 37.3 Å². The van der Waals surface area contributed by atoms with Crippen LogP contribution in [0.25, 0.3) is 0 Å². The molecule has 0 aliphatic rings. The fourth-order valence-corrected chi connectivity index (χ4v) is 10.0. The molecule has 79 heavy (non-hydrogen) atoms. The maximum atomic E-state index is 13.6. The van der Waals surface area contributed by atoms with E-state index in [0.29, 0.717) is 17.4 Å². The van der Waals surface area contributed by atoms with E-state index in [4.69, 9.17) is 13.8 Å². The Morgan fingerprint density at radius 3 is 1.22 bits per heavy atom. The number of nitrogens with one attached hydrogen (secondary N) is 1. The number of amides is 1. The molecule has 0 aromatic heterocycles. The summed E-state index contributed by atoms with van der Waals surface area (Å²) >= 11 is 0. The molecule has 10 heteroatoms. The minimum absolute atomic E-state index is 0.0359. The lowest BCUT2D eigenvalue weighted by molar-refractivity contribution is -0.870. The fraction of sp³-hybridized carbons (Fsp3) is 0.768. The zero-order valence-electron chi connectivity index (χ0n) is 52.3. The van der Waals surface area contributed by atoms with Gasteiger partial charge in [-0.05, 0) is 83.1 Å². The molecule has 3 unspecified atom stereocenters. The molecular weight excluding hydrogens is 1000 g/mol. The highest BCUT2D eigenvalue weighted by Gasteiger charge is 2.30. The molecule has 0 saturated carbocycles. The molecule has 1 amide bonds. The van der Waals surface area contributed by atoms with Crippen LogP contribution < -0.4 is 5.32 Å². The Morgan fingerprint density at radius 1 is 0.456 bits per heavy atom. The molecule has 3 atom stereocenters. The van der Waals surface area contributed by atoms with Crippen LogP contribution in [-0.4, -0.2) is 74.3 Å². The van der Waals surface area contributed by atoms with Crippen molar-refractivity contribution in [3.63, 3.8) is 0 Å². The van der Waals surface area contributed by atoms with Gasteiger partial charge in [-0.2, -0.15) is 0 Å². The average Bonchev–Trinajstić information content (AvgIpc) is 3.41. The standard InChI is InChI=1S/C69H125N2O7P/c1-7-10-13-16-19-22-25-27-29-31-32-33-34-35-36-37-38-40-42-44-47-50-53-56-59-62-69(73)78-67(60-57-54-51-48-45-24-21-18-15-12-9-3)66(65-77-79(74,75)76-64-63-71(4,5)6)70-68(72)61-58-55-52-49-46-43-41-39-30-28-26-23-20-17-14-11-8-2/h10,13,19,22,27,29,32-33,35-36,38,40,57,60,66-67H,7-9,11-12,14-18,20-21,23-26,28,30-31,34,37,39,41-56,58-59,61-65H2,1-6H3,(H-,70,72,74,75)/p+1/b13-10-,22-19-,29-27-,33-32-,36-35-,40-38-,60-57+. The lowest BCUT2D eigenvalue weighted by atomic mass is 10.0. The molecule has 0 rings (SSSR count). The molecule has 2 N–H and O–H groups in total. The summed E-state index contributed by atoms with van der Waals surface area (Å²) in [6.07, 6.45) is 77.2. The van der Waals surface area contributed by atoms with Gasteiger partial charge >= 0.3 is 13.8 Å². The Balaban J connectivity index is 5.15. The van der Waals surface area contributed by atoms with Gasteiger partial charge in [0.25, 0.3) is 0 Å². The van der Waals surface area contributed by atoms with Gasteiger partial charge in [0.05, 0.1) is 33.8 Å². The summed E-state index contributed by atoms with van der Waals surface area (Å²) in [5.74, 6) is -0.517. The first-order valence-corrected chi connectivity index (χ1v) is 34.4. The summed E-state index contributed by atoms with van der Waals surface area (Å²) in [5, 5.41) is 3.06. The summed E-state index contributed by atoms with van der Waals surface area (Å²) in [6, 6.07) is -0.856. The van der Waals surface area contributed by atoms with E-state index in [1.165, 1.54) is 135 Å². The number of nitrogens with zero attached hydrogens (tertiary/aromatic N) is 1. The fourth-order valence-electron chi connectivity index (χ4n) is 9.30. The zero-order valence-corrected chi connectivity index (χ0v) is 53.2. The quantitative estimate of drug-likeness (QED) is 0.0205. The predicted octanol–water partition coefficient (Wildman–Crippen LogP) is 20.6. The number of carbonyl (C=O) groups is 2. The van der Waals surface area contributed by atoms with Gasteiger partial charge in [-0.3, -0.25) is 18.6 Å². The van der Waals surface area contributed by atoms with Gasteiger partial charge in [0.1, 0.15) is 19.3 Å². The van der Waals surface area contributed by atoms with Crippen LogP contribution in [-0.2, 0) is 27.9 Å². The van der Waals surface area contributed by atoms with E-state index in [1.54, 1.807) is 0 Å². The summed E-state index contributed by atoms with van der Waals surface area (Å²) < 4.78 is 30.7. The summed E-state index contributed by atoms with van der Waals surface area (Å²) in [7, 11) is 1.49. The molecule has 0 aromatic carbocycles. The minimum atomic E-state index is -4.45. The van der Waals surface area contributed by atoms with Crippen molar-refractivity contribution in [2.45, 2.75) is 303 Å². The molecule has 0 aromatic rings. The van der Waals surface area contributed by atoms with Crippen LogP contribution in [0.3, 0.4) is 0 Å². The van der Waals surface area contributed by atoms with Gasteiger partial charge in [0.15, 0.2) is 0 Å². The van der Waals surface area contributed by atoms with Gasteiger partial charge in [0.2, 0.25) is 5.91 Å². The van der Waals surface area contributed by atoms with Crippen LogP contribution in [0.2, 0.25) is 0 Å². The average molecular weight is 1130 g/mol. The van der Waals surface area contributed by atoms with Crippen LogP contribution in [0.4, 0.5) is 0 Å². The first-order chi connectivity index (χ1) is 38.4. The van der Waals surface area contributed by atoms with Crippen molar-refractivity contribution in [3.05, 3.63) is 85.1 Å². The third kappa shape index (κ3) is 59.6. The Bertz CT molecular complexity index is 1630. The summed E-state index contributed by atoms with van der Waals surface area (Å²) in [5.41, 5.74) is 0. The van der Waals surface area contributed by atoms with Crippen LogP contribution in [0.5, 0.6) is 0 Å². The smallest absolute Gasteiger partial charge is 0.456 e.